The van der Waals surface area contributed by atoms with E-state index in [1.807, 2.05) is 6.92 Å². The van der Waals surface area contributed by atoms with Crippen LogP contribution in [-0.2, 0) is 0 Å². The number of nitrogens with one attached hydrogen (secondary N) is 1. The van der Waals surface area contributed by atoms with Crippen LogP contribution in [0, 0.1) is 17.5 Å². The Labute approximate surface area is 98.4 Å². The molecule has 0 aromatic heterocycles. The molecule has 1 atom stereocenters. The molecule has 1 heterocycles. The van der Waals surface area contributed by atoms with Crippen LogP contribution in [-0.4, -0.2) is 25.7 Å². The van der Waals surface area contributed by atoms with E-state index in [2.05, 4.69) is 5.32 Å². The molecule has 5 heteroatoms. The highest BCUT2D eigenvalue weighted by Crippen LogP contribution is 2.23. The van der Waals surface area contributed by atoms with E-state index in [1.54, 1.807) is 4.90 Å². The van der Waals surface area contributed by atoms with Crippen LogP contribution in [0.4, 0.5) is 18.9 Å². The molecule has 0 amide bonds. The number of hydrogen-bond donors (Lipinski definition) is 1. The molecule has 1 fully saturated rings. The van der Waals surface area contributed by atoms with Gasteiger partial charge in [0.15, 0.2) is 11.6 Å². The molecule has 17 heavy (non-hydrogen) atoms. The maximum atomic E-state index is 13.6. The topological polar surface area (TPSA) is 15.3 Å². The number of anilines is 1. The van der Waals surface area contributed by atoms with E-state index in [9.17, 15) is 13.2 Å². The van der Waals surface area contributed by atoms with Crippen LogP contribution in [0.3, 0.4) is 0 Å². The zero-order valence-electron chi connectivity index (χ0n) is 9.64. The van der Waals surface area contributed by atoms with Gasteiger partial charge in [-0.2, -0.15) is 0 Å². The summed E-state index contributed by atoms with van der Waals surface area (Å²) in [7, 11) is 0. The summed E-state index contributed by atoms with van der Waals surface area (Å²) in [5.74, 6) is -2.86. The first-order valence-corrected chi connectivity index (χ1v) is 5.74. The molecule has 0 radical (unpaired) electrons. The van der Waals surface area contributed by atoms with Gasteiger partial charge < -0.3 is 10.2 Å². The highest BCUT2D eigenvalue weighted by atomic mass is 19.2. The first-order valence-electron chi connectivity index (χ1n) is 5.74. The smallest absolute Gasteiger partial charge is 0.161 e. The summed E-state index contributed by atoms with van der Waals surface area (Å²) in [6.07, 6.45) is 0.918. The predicted octanol–water partition coefficient (Wildman–Crippen LogP) is 2.29. The lowest BCUT2D eigenvalue weighted by Crippen LogP contribution is -2.50. The number of hydrogen-bond acceptors (Lipinski definition) is 2. The Hall–Kier alpha value is -1.23. The Morgan fingerprint density at radius 2 is 1.94 bits per heavy atom. The highest BCUT2D eigenvalue weighted by molar-refractivity contribution is 5.49. The molecule has 1 aromatic rings. The van der Waals surface area contributed by atoms with Crippen molar-refractivity contribution in [1.29, 1.82) is 0 Å². The fourth-order valence-corrected chi connectivity index (χ4v) is 2.07. The Morgan fingerprint density at radius 3 is 2.65 bits per heavy atom. The van der Waals surface area contributed by atoms with Crippen molar-refractivity contribution >= 4 is 5.69 Å². The van der Waals surface area contributed by atoms with Crippen molar-refractivity contribution < 1.29 is 13.2 Å². The van der Waals surface area contributed by atoms with Crippen LogP contribution in [0.1, 0.15) is 13.3 Å². The summed E-state index contributed by atoms with van der Waals surface area (Å²) in [6, 6.07) is 1.80. The third-order valence-electron chi connectivity index (χ3n) is 3.08. The van der Waals surface area contributed by atoms with Crippen LogP contribution >= 0.6 is 0 Å². The molecule has 0 bridgehead atoms. The second kappa shape index (κ2) is 4.96. The van der Waals surface area contributed by atoms with Gasteiger partial charge in [-0.1, -0.05) is 6.92 Å². The number of rotatable bonds is 2. The minimum Gasteiger partial charge on any atom is -0.366 e. The van der Waals surface area contributed by atoms with Gasteiger partial charge in [-0.15, -0.1) is 0 Å². The molecule has 0 spiro atoms. The number of benzene rings is 1. The van der Waals surface area contributed by atoms with Gasteiger partial charge in [-0.05, 0) is 6.42 Å². The number of nitrogens with zero attached hydrogens (tertiary/aromatic N) is 1. The quantitative estimate of drug-likeness (QED) is 0.803. The summed E-state index contributed by atoms with van der Waals surface area (Å²) in [5.41, 5.74) is 0.142. The van der Waals surface area contributed by atoms with Crippen molar-refractivity contribution in [3.05, 3.63) is 29.6 Å². The molecular weight excluding hydrogens is 229 g/mol. The normalized spacial score (nSPS) is 20.7. The summed E-state index contributed by atoms with van der Waals surface area (Å²) in [4.78, 5) is 1.75. The summed E-state index contributed by atoms with van der Waals surface area (Å²) in [5, 5.41) is 3.28. The van der Waals surface area contributed by atoms with Crippen molar-refractivity contribution in [3.8, 4) is 0 Å². The minimum atomic E-state index is -1.14. The number of halogens is 3. The van der Waals surface area contributed by atoms with Gasteiger partial charge in [0.05, 0.1) is 5.69 Å². The van der Waals surface area contributed by atoms with Crippen LogP contribution in [0.5, 0.6) is 0 Å². The molecule has 94 valence electrons. The molecule has 1 unspecified atom stereocenters. The fourth-order valence-electron chi connectivity index (χ4n) is 2.07. The van der Waals surface area contributed by atoms with E-state index >= 15 is 0 Å². The van der Waals surface area contributed by atoms with Crippen molar-refractivity contribution in [2.24, 2.45) is 0 Å². The largest absolute Gasteiger partial charge is 0.366 e. The Balaban J connectivity index is 2.24. The predicted molar refractivity (Wildman–Crippen MR) is 60.6 cm³/mol. The van der Waals surface area contributed by atoms with Gasteiger partial charge in [0.1, 0.15) is 5.82 Å². The van der Waals surface area contributed by atoms with E-state index in [0.717, 1.165) is 19.0 Å². The van der Waals surface area contributed by atoms with E-state index in [-0.39, 0.29) is 11.7 Å². The zero-order chi connectivity index (χ0) is 12.4. The SMILES string of the molecule is CCC1CN(c2cc(F)c(F)cc2F)CCN1. The van der Waals surface area contributed by atoms with Crippen LogP contribution in [0.2, 0.25) is 0 Å². The highest BCUT2D eigenvalue weighted by Gasteiger charge is 2.21. The van der Waals surface area contributed by atoms with Crippen LogP contribution in [0.25, 0.3) is 0 Å². The molecule has 0 aliphatic carbocycles. The third-order valence-corrected chi connectivity index (χ3v) is 3.08. The second-order valence-corrected chi connectivity index (χ2v) is 4.22. The summed E-state index contributed by atoms with van der Waals surface area (Å²) in [6.45, 7) is 3.96. The van der Waals surface area contributed by atoms with Gasteiger partial charge in [0.2, 0.25) is 0 Å². The average molecular weight is 244 g/mol. The minimum absolute atomic E-state index is 0.142. The Morgan fingerprint density at radius 1 is 1.24 bits per heavy atom. The van der Waals surface area contributed by atoms with Gasteiger partial charge in [-0.3, -0.25) is 0 Å². The molecule has 1 aromatic carbocycles. The number of piperazine rings is 1. The first-order chi connectivity index (χ1) is 8.11. The first kappa shape index (κ1) is 12.2. The lowest BCUT2D eigenvalue weighted by molar-refractivity contribution is 0.439. The van der Waals surface area contributed by atoms with E-state index < -0.39 is 17.5 Å². The van der Waals surface area contributed by atoms with Gasteiger partial charge in [0, 0.05) is 37.8 Å². The maximum Gasteiger partial charge on any atom is 0.161 e. The monoisotopic (exact) mass is 244 g/mol. The third kappa shape index (κ3) is 2.54. The van der Waals surface area contributed by atoms with Crippen LogP contribution < -0.4 is 10.2 Å². The van der Waals surface area contributed by atoms with Crippen LogP contribution in [0.15, 0.2) is 12.1 Å². The molecule has 0 saturated carbocycles. The molecule has 1 aliphatic rings. The molecule has 1 aliphatic heterocycles. The van der Waals surface area contributed by atoms with E-state index in [0.29, 0.717) is 19.2 Å². The lowest BCUT2D eigenvalue weighted by atomic mass is 10.1. The second-order valence-electron chi connectivity index (χ2n) is 4.22. The summed E-state index contributed by atoms with van der Waals surface area (Å²) < 4.78 is 39.5. The molecular formula is C12H15F3N2. The Bertz CT molecular complexity index is 409. The van der Waals surface area contributed by atoms with E-state index in [1.165, 1.54) is 0 Å². The maximum absolute atomic E-state index is 13.6. The molecule has 1 N–H and O–H groups in total. The fraction of sp³-hybridized carbons (Fsp3) is 0.500. The van der Waals surface area contributed by atoms with E-state index in [4.69, 9.17) is 0 Å². The zero-order valence-corrected chi connectivity index (χ0v) is 9.64. The average Bonchev–Trinajstić information content (AvgIpc) is 2.34. The van der Waals surface area contributed by atoms with Gasteiger partial charge in [-0.25, -0.2) is 13.2 Å². The lowest BCUT2D eigenvalue weighted by Gasteiger charge is -2.35. The van der Waals surface area contributed by atoms with Crippen molar-refractivity contribution in [1.82, 2.24) is 5.32 Å². The van der Waals surface area contributed by atoms with Gasteiger partial charge >= 0.3 is 0 Å². The molecule has 2 nitrogen and oxygen atoms in total. The molecule has 1 saturated heterocycles. The van der Waals surface area contributed by atoms with Gasteiger partial charge in [0.25, 0.3) is 0 Å². The van der Waals surface area contributed by atoms with Crippen molar-refractivity contribution in [3.63, 3.8) is 0 Å². The van der Waals surface area contributed by atoms with Crippen molar-refractivity contribution in [2.75, 3.05) is 24.5 Å². The standard InChI is InChI=1S/C12H15F3N2/c1-2-8-7-17(4-3-16-8)12-6-10(14)9(13)5-11(12)15/h5-6,8,16H,2-4,7H2,1H3. The molecule has 2 rings (SSSR count). The summed E-state index contributed by atoms with van der Waals surface area (Å²) >= 11 is 0. The van der Waals surface area contributed by atoms with Crippen molar-refractivity contribution in [2.45, 2.75) is 19.4 Å². The Kier molecular flexibility index (Phi) is 3.57.